The zero-order valence-corrected chi connectivity index (χ0v) is 25.5. The number of aliphatic hydroxyl groups is 1. The summed E-state index contributed by atoms with van der Waals surface area (Å²) in [5.74, 6) is -1.68. The van der Waals surface area contributed by atoms with Crippen molar-refractivity contribution in [2.24, 2.45) is 11.8 Å². The molecule has 8 heteroatoms. The number of unbranched alkanes of at least 4 members (excludes halogenated alkanes) is 3. The van der Waals surface area contributed by atoms with Crippen LogP contribution >= 0.6 is 0 Å². The fourth-order valence-electron chi connectivity index (χ4n) is 7.46. The lowest BCUT2D eigenvalue weighted by atomic mass is 9.70. The molecule has 4 rings (SSSR count). The van der Waals surface area contributed by atoms with Crippen molar-refractivity contribution in [1.82, 2.24) is 14.7 Å². The summed E-state index contributed by atoms with van der Waals surface area (Å²) in [5.41, 5.74) is -0.00542. The van der Waals surface area contributed by atoms with E-state index in [9.17, 15) is 19.5 Å². The Bertz CT molecular complexity index is 1110. The summed E-state index contributed by atoms with van der Waals surface area (Å²) < 4.78 is 6.70. The predicted octanol–water partition coefficient (Wildman–Crippen LogP) is 4.33. The Labute approximate surface area is 251 Å². The van der Waals surface area contributed by atoms with Crippen LogP contribution in [0.4, 0.5) is 0 Å². The van der Waals surface area contributed by atoms with Gasteiger partial charge < -0.3 is 24.5 Å². The van der Waals surface area contributed by atoms with Gasteiger partial charge in [-0.1, -0.05) is 68.7 Å². The van der Waals surface area contributed by atoms with E-state index in [0.29, 0.717) is 45.4 Å². The maximum Gasteiger partial charge on any atom is 0.248 e. The number of benzene rings is 1. The molecule has 230 valence electrons. The molecule has 0 radical (unpaired) electrons. The summed E-state index contributed by atoms with van der Waals surface area (Å²) in [6.07, 6.45) is 9.22. The molecule has 1 aromatic rings. The van der Waals surface area contributed by atoms with Gasteiger partial charge in [-0.3, -0.25) is 14.4 Å². The van der Waals surface area contributed by atoms with Crippen LogP contribution in [0.5, 0.6) is 0 Å². The molecule has 3 heterocycles. The third-order valence-corrected chi connectivity index (χ3v) is 9.35. The molecule has 3 aliphatic rings. The standard InChI is InChI=1S/C34H49N3O5/c1-5-15-25(4)36(21-7-3)33(41)30-34-19-18-27(42-34)28(29(34)32(40)37(30)22-13-8-9-14-23-38)31(39)35(20-6-2)24-26-16-11-10-12-17-26/h6-7,10-12,16-17,25,27-30,38H,2-3,5,8-9,13-15,18-24H2,1,4H3/t25?,27-,28+,29+,30?,34?/m1/s1. The third-order valence-electron chi connectivity index (χ3n) is 9.35. The van der Waals surface area contributed by atoms with Gasteiger partial charge in [-0.2, -0.15) is 0 Å². The Balaban J connectivity index is 1.67. The van der Waals surface area contributed by atoms with E-state index in [2.05, 4.69) is 20.1 Å². The first-order valence-electron chi connectivity index (χ1n) is 15.8. The van der Waals surface area contributed by atoms with E-state index in [1.165, 1.54) is 0 Å². The van der Waals surface area contributed by atoms with E-state index in [1.807, 2.05) is 42.2 Å². The molecular weight excluding hydrogens is 530 g/mol. The highest BCUT2D eigenvalue weighted by Crippen LogP contribution is 2.59. The second-order valence-corrected chi connectivity index (χ2v) is 12.1. The maximum absolute atomic E-state index is 14.5. The first-order valence-corrected chi connectivity index (χ1v) is 15.8. The number of hydrogen-bond acceptors (Lipinski definition) is 5. The fraction of sp³-hybridized carbons (Fsp3) is 0.618. The van der Waals surface area contributed by atoms with Gasteiger partial charge in [0.25, 0.3) is 0 Å². The van der Waals surface area contributed by atoms with Crippen molar-refractivity contribution in [2.45, 2.75) is 95.5 Å². The molecule has 3 saturated heterocycles. The molecule has 6 atom stereocenters. The van der Waals surface area contributed by atoms with Crippen LogP contribution in [0.15, 0.2) is 55.6 Å². The lowest BCUT2D eigenvalue weighted by Gasteiger charge is -2.39. The molecule has 1 N–H and O–H groups in total. The third kappa shape index (κ3) is 6.20. The van der Waals surface area contributed by atoms with Crippen LogP contribution < -0.4 is 0 Å². The highest BCUT2D eigenvalue weighted by molar-refractivity contribution is 5.99. The molecule has 1 aromatic carbocycles. The van der Waals surface area contributed by atoms with Crippen molar-refractivity contribution in [3.63, 3.8) is 0 Å². The molecule has 1 spiro atoms. The van der Waals surface area contributed by atoms with E-state index in [-0.39, 0.29) is 30.4 Å². The molecule has 0 aliphatic carbocycles. The maximum atomic E-state index is 14.5. The molecule has 3 unspecified atom stereocenters. The SMILES string of the molecule is C=CCN(Cc1ccccc1)C(=O)[C@@H]1[C@H]2C(=O)N(CCCCCCO)C(C(=O)N(CC=C)C(C)CCC)C23CC[C@H]1O3. The van der Waals surface area contributed by atoms with Crippen LogP contribution in [0, 0.1) is 11.8 Å². The number of aliphatic hydroxyl groups excluding tert-OH is 1. The monoisotopic (exact) mass is 579 g/mol. The van der Waals surface area contributed by atoms with Crippen LogP contribution in [-0.4, -0.2) is 87.6 Å². The van der Waals surface area contributed by atoms with Crippen molar-refractivity contribution in [3.05, 3.63) is 61.2 Å². The van der Waals surface area contributed by atoms with Crippen molar-refractivity contribution in [2.75, 3.05) is 26.2 Å². The quantitative estimate of drug-likeness (QED) is 0.219. The number of hydrogen-bond donors (Lipinski definition) is 1. The van der Waals surface area contributed by atoms with Gasteiger partial charge in [0.15, 0.2) is 0 Å². The van der Waals surface area contributed by atoms with Gasteiger partial charge >= 0.3 is 0 Å². The molecule has 2 bridgehead atoms. The summed E-state index contributed by atoms with van der Waals surface area (Å²) in [7, 11) is 0. The minimum Gasteiger partial charge on any atom is -0.396 e. The Kier molecular flexibility index (Phi) is 11.0. The van der Waals surface area contributed by atoms with E-state index in [0.717, 1.165) is 37.7 Å². The summed E-state index contributed by atoms with van der Waals surface area (Å²) in [4.78, 5) is 48.4. The first kappa shape index (κ1) is 32.0. The number of carbonyl (C=O) groups is 3. The van der Waals surface area contributed by atoms with Gasteiger partial charge in [0.05, 0.1) is 17.9 Å². The summed E-state index contributed by atoms with van der Waals surface area (Å²) in [6, 6.07) is 9.04. The minimum absolute atomic E-state index is 0.0116. The van der Waals surface area contributed by atoms with Gasteiger partial charge in [0, 0.05) is 38.8 Å². The number of carbonyl (C=O) groups excluding carboxylic acids is 3. The second-order valence-electron chi connectivity index (χ2n) is 12.1. The van der Waals surface area contributed by atoms with Crippen molar-refractivity contribution >= 4 is 17.7 Å². The summed E-state index contributed by atoms with van der Waals surface area (Å²) >= 11 is 0. The molecule has 8 nitrogen and oxygen atoms in total. The van der Waals surface area contributed by atoms with Crippen LogP contribution in [0.25, 0.3) is 0 Å². The predicted molar refractivity (Wildman–Crippen MR) is 163 cm³/mol. The Morgan fingerprint density at radius 1 is 1.12 bits per heavy atom. The van der Waals surface area contributed by atoms with Gasteiger partial charge in [-0.15, -0.1) is 13.2 Å². The lowest BCUT2D eigenvalue weighted by molar-refractivity contribution is -0.150. The molecule has 0 aromatic heterocycles. The minimum atomic E-state index is -1.01. The molecule has 3 fully saturated rings. The Morgan fingerprint density at radius 2 is 1.83 bits per heavy atom. The molecule has 0 saturated carbocycles. The normalized spacial score (nSPS) is 26.6. The molecule has 3 aliphatic heterocycles. The van der Waals surface area contributed by atoms with E-state index < -0.39 is 29.6 Å². The first-order chi connectivity index (χ1) is 20.3. The van der Waals surface area contributed by atoms with Crippen LogP contribution in [0.3, 0.4) is 0 Å². The summed E-state index contributed by atoms with van der Waals surface area (Å²) in [6.45, 7) is 13.7. The van der Waals surface area contributed by atoms with Crippen LogP contribution in [0.1, 0.15) is 70.8 Å². The smallest absolute Gasteiger partial charge is 0.248 e. The number of rotatable bonds is 17. The fourth-order valence-corrected chi connectivity index (χ4v) is 7.46. The van der Waals surface area contributed by atoms with Gasteiger partial charge in [0.2, 0.25) is 17.7 Å². The molecule has 42 heavy (non-hydrogen) atoms. The number of ether oxygens (including phenoxy) is 1. The van der Waals surface area contributed by atoms with Crippen LogP contribution in [0.2, 0.25) is 0 Å². The van der Waals surface area contributed by atoms with E-state index in [1.54, 1.807) is 22.0 Å². The van der Waals surface area contributed by atoms with E-state index >= 15 is 0 Å². The topological polar surface area (TPSA) is 90.4 Å². The highest BCUT2D eigenvalue weighted by Gasteiger charge is 2.74. The summed E-state index contributed by atoms with van der Waals surface area (Å²) in [5, 5.41) is 9.20. The second kappa shape index (κ2) is 14.5. The van der Waals surface area contributed by atoms with E-state index in [4.69, 9.17) is 4.74 Å². The van der Waals surface area contributed by atoms with Gasteiger partial charge in [-0.05, 0) is 44.6 Å². The van der Waals surface area contributed by atoms with Crippen molar-refractivity contribution in [3.8, 4) is 0 Å². The van der Waals surface area contributed by atoms with Gasteiger partial charge in [-0.25, -0.2) is 0 Å². The number of fused-ring (bicyclic) bond motifs is 1. The molecule has 3 amide bonds. The Morgan fingerprint density at radius 3 is 2.50 bits per heavy atom. The van der Waals surface area contributed by atoms with Gasteiger partial charge in [0.1, 0.15) is 11.6 Å². The van der Waals surface area contributed by atoms with Crippen molar-refractivity contribution in [1.29, 1.82) is 0 Å². The zero-order valence-electron chi connectivity index (χ0n) is 25.5. The number of amides is 3. The highest BCUT2D eigenvalue weighted by atomic mass is 16.5. The average molecular weight is 580 g/mol. The zero-order chi connectivity index (χ0) is 30.3. The average Bonchev–Trinajstić information content (AvgIpc) is 3.63. The Hall–Kier alpha value is -2.97. The lowest BCUT2D eigenvalue weighted by Crippen LogP contribution is -2.58. The number of likely N-dealkylation sites (tertiary alicyclic amines) is 1. The van der Waals surface area contributed by atoms with Crippen LogP contribution in [-0.2, 0) is 25.7 Å². The number of nitrogens with zero attached hydrogens (tertiary/aromatic N) is 3. The van der Waals surface area contributed by atoms with Crippen molar-refractivity contribution < 1.29 is 24.2 Å². The molecular formula is C34H49N3O5. The largest absolute Gasteiger partial charge is 0.396 e.